The van der Waals surface area contributed by atoms with Gasteiger partial charge in [-0.15, -0.1) is 11.3 Å². The summed E-state index contributed by atoms with van der Waals surface area (Å²) < 4.78 is 37.3. The van der Waals surface area contributed by atoms with Crippen molar-refractivity contribution in [1.82, 2.24) is 4.98 Å². The molecule has 19 heavy (non-hydrogen) atoms. The molecule has 0 radical (unpaired) electrons. The number of aromatic nitrogens is 1. The van der Waals surface area contributed by atoms with E-state index in [0.29, 0.717) is 5.69 Å². The van der Waals surface area contributed by atoms with E-state index in [0.717, 1.165) is 22.8 Å². The fourth-order valence-electron chi connectivity index (χ4n) is 1.64. The summed E-state index contributed by atoms with van der Waals surface area (Å²) in [6.45, 7) is 3.83. The summed E-state index contributed by atoms with van der Waals surface area (Å²) in [7, 11) is 0. The van der Waals surface area contributed by atoms with Gasteiger partial charge in [0.25, 0.3) is 0 Å². The molecule has 1 aromatic heterocycles. The molecule has 0 aliphatic rings. The van der Waals surface area contributed by atoms with Crippen LogP contribution in [0.4, 0.5) is 18.9 Å². The van der Waals surface area contributed by atoms with E-state index < -0.39 is 11.7 Å². The van der Waals surface area contributed by atoms with E-state index in [9.17, 15) is 13.2 Å². The highest BCUT2D eigenvalue weighted by atomic mass is 32.1. The van der Waals surface area contributed by atoms with Crippen LogP contribution in [0.25, 0.3) is 0 Å². The van der Waals surface area contributed by atoms with Crippen molar-refractivity contribution >= 4 is 17.0 Å². The van der Waals surface area contributed by atoms with Gasteiger partial charge in [0.1, 0.15) is 5.01 Å². The first kappa shape index (κ1) is 13.9. The van der Waals surface area contributed by atoms with Crippen LogP contribution in [-0.2, 0) is 6.18 Å². The predicted molar refractivity (Wildman–Crippen MR) is 70.3 cm³/mol. The molecule has 1 atom stereocenters. The highest BCUT2D eigenvalue weighted by Gasteiger charge is 2.29. The lowest BCUT2D eigenvalue weighted by Gasteiger charge is -2.13. The number of nitrogens with zero attached hydrogens (tertiary/aromatic N) is 1. The topological polar surface area (TPSA) is 24.9 Å². The molecular formula is C13H13F3N2S. The number of aryl methyl sites for hydroxylation is 1. The monoisotopic (exact) mass is 286 g/mol. The van der Waals surface area contributed by atoms with Crippen LogP contribution >= 0.6 is 11.3 Å². The van der Waals surface area contributed by atoms with Crippen molar-refractivity contribution in [1.29, 1.82) is 0 Å². The van der Waals surface area contributed by atoms with Crippen LogP contribution in [0.5, 0.6) is 0 Å². The lowest BCUT2D eigenvalue weighted by molar-refractivity contribution is -0.137. The molecule has 0 fully saturated rings. The van der Waals surface area contributed by atoms with Crippen molar-refractivity contribution in [2.75, 3.05) is 5.32 Å². The van der Waals surface area contributed by atoms with Crippen LogP contribution in [0.2, 0.25) is 0 Å². The Kier molecular flexibility index (Phi) is 3.80. The Labute approximate surface area is 113 Å². The first-order valence-corrected chi connectivity index (χ1v) is 6.60. The zero-order valence-electron chi connectivity index (χ0n) is 10.5. The van der Waals surface area contributed by atoms with Crippen molar-refractivity contribution in [2.45, 2.75) is 26.1 Å². The first-order chi connectivity index (χ1) is 8.86. The van der Waals surface area contributed by atoms with Gasteiger partial charge in [0.15, 0.2) is 0 Å². The molecule has 0 bridgehead atoms. The summed E-state index contributed by atoms with van der Waals surface area (Å²) in [5.74, 6) is 0. The zero-order chi connectivity index (χ0) is 14.0. The average molecular weight is 286 g/mol. The highest BCUT2D eigenvalue weighted by molar-refractivity contribution is 7.09. The summed E-state index contributed by atoms with van der Waals surface area (Å²) in [6.07, 6.45) is -4.30. The molecule has 2 aromatic rings. The molecule has 6 heteroatoms. The molecule has 0 amide bonds. The molecule has 0 spiro atoms. The van der Waals surface area contributed by atoms with E-state index in [1.54, 1.807) is 0 Å². The number of alkyl halides is 3. The Hall–Kier alpha value is -1.56. The number of anilines is 1. The van der Waals surface area contributed by atoms with Gasteiger partial charge in [-0.05, 0) is 38.1 Å². The number of benzene rings is 1. The Morgan fingerprint density at radius 3 is 2.32 bits per heavy atom. The van der Waals surface area contributed by atoms with E-state index >= 15 is 0 Å². The van der Waals surface area contributed by atoms with E-state index in [1.807, 2.05) is 19.2 Å². The van der Waals surface area contributed by atoms with E-state index in [1.165, 1.54) is 23.5 Å². The summed E-state index contributed by atoms with van der Waals surface area (Å²) in [4.78, 5) is 4.34. The molecule has 1 aromatic carbocycles. The fraction of sp³-hybridized carbons (Fsp3) is 0.308. The quantitative estimate of drug-likeness (QED) is 0.888. The summed E-state index contributed by atoms with van der Waals surface area (Å²) in [5.41, 5.74) is 0.949. The third kappa shape index (κ3) is 3.47. The Balaban J connectivity index is 2.07. The fourth-order valence-corrected chi connectivity index (χ4v) is 2.44. The van der Waals surface area contributed by atoms with E-state index in [4.69, 9.17) is 0 Å². The number of hydrogen-bond acceptors (Lipinski definition) is 3. The number of hydrogen-bond donors (Lipinski definition) is 1. The second-order valence-electron chi connectivity index (χ2n) is 4.27. The second kappa shape index (κ2) is 5.21. The van der Waals surface area contributed by atoms with Gasteiger partial charge in [0.2, 0.25) is 0 Å². The van der Waals surface area contributed by atoms with Crippen molar-refractivity contribution < 1.29 is 13.2 Å². The normalized spacial score (nSPS) is 13.3. The Morgan fingerprint density at radius 2 is 1.84 bits per heavy atom. The standard InChI is InChI=1S/C13H13F3N2S/c1-8-7-19-12(17-8)9(2)18-11-5-3-10(4-6-11)13(14,15)16/h3-7,9,18H,1-2H3. The first-order valence-electron chi connectivity index (χ1n) is 5.72. The largest absolute Gasteiger partial charge is 0.416 e. The van der Waals surface area contributed by atoms with E-state index in [2.05, 4.69) is 10.3 Å². The number of nitrogens with one attached hydrogen (secondary N) is 1. The van der Waals surface area contributed by atoms with Gasteiger partial charge in [-0.25, -0.2) is 4.98 Å². The third-order valence-corrected chi connectivity index (χ3v) is 3.75. The van der Waals surface area contributed by atoms with Crippen LogP contribution in [0.15, 0.2) is 29.6 Å². The minimum absolute atomic E-state index is 0.0320. The summed E-state index contributed by atoms with van der Waals surface area (Å²) in [5, 5.41) is 5.99. The summed E-state index contributed by atoms with van der Waals surface area (Å²) >= 11 is 1.53. The van der Waals surface area contributed by atoms with Crippen LogP contribution in [0.3, 0.4) is 0 Å². The minimum atomic E-state index is -4.30. The zero-order valence-corrected chi connectivity index (χ0v) is 11.3. The maximum absolute atomic E-state index is 12.4. The highest BCUT2D eigenvalue weighted by Crippen LogP contribution is 2.30. The van der Waals surface area contributed by atoms with Gasteiger partial charge in [0, 0.05) is 16.8 Å². The lowest BCUT2D eigenvalue weighted by atomic mass is 10.2. The average Bonchev–Trinajstić information content (AvgIpc) is 2.75. The van der Waals surface area contributed by atoms with Crippen LogP contribution < -0.4 is 5.32 Å². The number of rotatable bonds is 3. The third-order valence-electron chi connectivity index (χ3n) is 2.60. The molecule has 2 nitrogen and oxygen atoms in total. The molecule has 0 saturated heterocycles. The molecule has 1 heterocycles. The smallest absolute Gasteiger partial charge is 0.376 e. The Bertz CT molecular complexity index is 546. The minimum Gasteiger partial charge on any atom is -0.376 e. The molecule has 0 aliphatic carbocycles. The molecule has 102 valence electrons. The lowest BCUT2D eigenvalue weighted by Crippen LogP contribution is -2.08. The van der Waals surface area contributed by atoms with Crippen LogP contribution in [-0.4, -0.2) is 4.98 Å². The molecule has 1 unspecified atom stereocenters. The molecule has 2 rings (SSSR count). The van der Waals surface area contributed by atoms with Gasteiger partial charge in [-0.3, -0.25) is 0 Å². The predicted octanol–water partition coefficient (Wildman–Crippen LogP) is 4.64. The van der Waals surface area contributed by atoms with Crippen molar-refractivity contribution in [3.8, 4) is 0 Å². The van der Waals surface area contributed by atoms with Crippen LogP contribution in [0.1, 0.15) is 29.2 Å². The van der Waals surface area contributed by atoms with Gasteiger partial charge in [0.05, 0.1) is 11.6 Å². The number of halogens is 3. The van der Waals surface area contributed by atoms with Crippen molar-refractivity contribution in [3.05, 3.63) is 45.9 Å². The molecule has 1 N–H and O–H groups in total. The van der Waals surface area contributed by atoms with Gasteiger partial charge >= 0.3 is 6.18 Å². The SMILES string of the molecule is Cc1csc(C(C)Nc2ccc(C(F)(F)F)cc2)n1. The van der Waals surface area contributed by atoms with Gasteiger partial charge in [-0.2, -0.15) is 13.2 Å². The van der Waals surface area contributed by atoms with Gasteiger partial charge in [-0.1, -0.05) is 0 Å². The Morgan fingerprint density at radius 1 is 1.21 bits per heavy atom. The maximum Gasteiger partial charge on any atom is 0.416 e. The van der Waals surface area contributed by atoms with Crippen molar-refractivity contribution in [2.24, 2.45) is 0 Å². The molecular weight excluding hydrogens is 273 g/mol. The number of thiazole rings is 1. The summed E-state index contributed by atoms with van der Waals surface area (Å²) in [6, 6.07) is 4.97. The van der Waals surface area contributed by atoms with Crippen LogP contribution in [0, 0.1) is 6.92 Å². The van der Waals surface area contributed by atoms with E-state index in [-0.39, 0.29) is 6.04 Å². The molecule has 0 aliphatic heterocycles. The second-order valence-corrected chi connectivity index (χ2v) is 5.16. The van der Waals surface area contributed by atoms with Crippen molar-refractivity contribution in [3.63, 3.8) is 0 Å². The van der Waals surface area contributed by atoms with Gasteiger partial charge < -0.3 is 5.32 Å². The molecule has 0 saturated carbocycles. The maximum atomic E-state index is 12.4.